The van der Waals surface area contributed by atoms with Crippen LogP contribution in [0.1, 0.15) is 18.5 Å². The molecule has 1 saturated heterocycles. The number of hydrogen-bond acceptors (Lipinski definition) is 3. The van der Waals surface area contributed by atoms with Gasteiger partial charge in [-0.2, -0.15) is 0 Å². The Balaban J connectivity index is 1.80. The van der Waals surface area contributed by atoms with Crippen LogP contribution in [0.15, 0.2) is 6.20 Å². The number of piperidine rings is 1. The number of hydrogen-bond donors (Lipinski definition) is 2. The van der Waals surface area contributed by atoms with Gasteiger partial charge in [-0.1, -0.05) is 0 Å². The van der Waals surface area contributed by atoms with Crippen LogP contribution in [-0.4, -0.2) is 29.1 Å². The van der Waals surface area contributed by atoms with E-state index in [4.69, 9.17) is 5.73 Å². The van der Waals surface area contributed by atoms with E-state index in [1.807, 2.05) is 13.1 Å². The number of nitrogens with zero attached hydrogens (tertiary/aromatic N) is 2. The van der Waals surface area contributed by atoms with Crippen LogP contribution in [0.25, 0.3) is 0 Å². The Morgan fingerprint density at radius 3 is 2.60 bits per heavy atom. The molecule has 2 atom stereocenters. The number of rotatable bonds is 1. The molecule has 0 amide bonds. The van der Waals surface area contributed by atoms with Gasteiger partial charge in [-0.25, -0.2) is 4.98 Å². The van der Waals surface area contributed by atoms with Gasteiger partial charge in [0.2, 0.25) is 5.95 Å². The highest BCUT2D eigenvalue weighted by Crippen LogP contribution is 2.36. The fourth-order valence-electron chi connectivity index (χ4n) is 3.00. The van der Waals surface area contributed by atoms with Crippen LogP contribution in [0.2, 0.25) is 0 Å². The summed E-state index contributed by atoms with van der Waals surface area (Å²) >= 11 is 0. The zero-order valence-electron chi connectivity index (χ0n) is 9.11. The van der Waals surface area contributed by atoms with E-state index in [2.05, 4.69) is 14.9 Å². The second-order valence-corrected chi connectivity index (χ2v) is 4.97. The molecule has 1 aliphatic heterocycles. The zero-order chi connectivity index (χ0) is 10.4. The minimum atomic E-state index is 0.428. The lowest BCUT2D eigenvalue weighted by Gasteiger charge is -2.35. The van der Waals surface area contributed by atoms with Crippen molar-refractivity contribution in [2.24, 2.45) is 17.6 Å². The molecular formula is C11H18N4. The average molecular weight is 206 g/mol. The van der Waals surface area contributed by atoms with E-state index < -0.39 is 0 Å². The van der Waals surface area contributed by atoms with Crippen molar-refractivity contribution in [3.63, 3.8) is 0 Å². The van der Waals surface area contributed by atoms with E-state index in [1.165, 1.54) is 12.8 Å². The fraction of sp³-hybridized carbons (Fsp3) is 0.727. The molecular weight excluding hydrogens is 188 g/mol. The SMILES string of the molecule is Cc1cnc(N2CC3CCC(C2)C3N)[nH]1. The average Bonchev–Trinajstić information content (AvgIpc) is 2.70. The lowest BCUT2D eigenvalue weighted by Crippen LogP contribution is -2.49. The van der Waals surface area contributed by atoms with Crippen LogP contribution < -0.4 is 10.6 Å². The lowest BCUT2D eigenvalue weighted by atomic mass is 9.93. The second kappa shape index (κ2) is 3.23. The Hall–Kier alpha value is -1.03. The molecule has 2 aliphatic rings. The van der Waals surface area contributed by atoms with Crippen molar-refractivity contribution in [2.45, 2.75) is 25.8 Å². The molecule has 2 fully saturated rings. The normalized spacial score (nSPS) is 34.8. The number of aromatic amines is 1. The molecule has 0 radical (unpaired) electrons. The van der Waals surface area contributed by atoms with Crippen LogP contribution in [-0.2, 0) is 0 Å². The van der Waals surface area contributed by atoms with Gasteiger partial charge in [0, 0.05) is 31.0 Å². The third kappa shape index (κ3) is 1.44. The van der Waals surface area contributed by atoms with Gasteiger partial charge in [-0.05, 0) is 31.6 Å². The second-order valence-electron chi connectivity index (χ2n) is 4.97. The molecule has 2 bridgehead atoms. The van der Waals surface area contributed by atoms with E-state index in [1.54, 1.807) is 0 Å². The third-order valence-electron chi connectivity index (χ3n) is 3.90. The topological polar surface area (TPSA) is 57.9 Å². The summed E-state index contributed by atoms with van der Waals surface area (Å²) in [4.78, 5) is 10.1. The first-order valence-electron chi connectivity index (χ1n) is 5.76. The molecule has 3 N–H and O–H groups in total. The van der Waals surface area contributed by atoms with Gasteiger partial charge in [0.15, 0.2) is 0 Å². The molecule has 1 aromatic heterocycles. The minimum absolute atomic E-state index is 0.428. The molecule has 15 heavy (non-hydrogen) atoms. The molecule has 1 saturated carbocycles. The van der Waals surface area contributed by atoms with E-state index in [0.29, 0.717) is 17.9 Å². The molecule has 1 aliphatic carbocycles. The predicted octanol–water partition coefficient (Wildman–Crippen LogP) is 0.892. The molecule has 4 nitrogen and oxygen atoms in total. The summed E-state index contributed by atoms with van der Waals surface area (Å²) in [7, 11) is 0. The van der Waals surface area contributed by atoms with Crippen LogP contribution in [0.4, 0.5) is 5.95 Å². The van der Waals surface area contributed by atoms with Crippen LogP contribution >= 0.6 is 0 Å². The van der Waals surface area contributed by atoms with E-state index in [0.717, 1.165) is 24.7 Å². The summed E-state index contributed by atoms with van der Waals surface area (Å²) in [5, 5.41) is 0. The quantitative estimate of drug-likeness (QED) is 0.717. The van der Waals surface area contributed by atoms with E-state index >= 15 is 0 Å². The number of anilines is 1. The van der Waals surface area contributed by atoms with Crippen molar-refractivity contribution in [3.05, 3.63) is 11.9 Å². The van der Waals surface area contributed by atoms with Crippen LogP contribution in [0.5, 0.6) is 0 Å². The maximum absolute atomic E-state index is 6.17. The van der Waals surface area contributed by atoms with Gasteiger partial charge < -0.3 is 15.6 Å². The highest BCUT2D eigenvalue weighted by Gasteiger charge is 2.40. The van der Waals surface area contributed by atoms with Gasteiger partial charge in [0.25, 0.3) is 0 Å². The summed E-state index contributed by atoms with van der Waals surface area (Å²) in [6, 6.07) is 0.428. The van der Waals surface area contributed by atoms with Crippen molar-refractivity contribution in [1.82, 2.24) is 9.97 Å². The highest BCUT2D eigenvalue weighted by atomic mass is 15.3. The highest BCUT2D eigenvalue weighted by molar-refractivity contribution is 5.33. The van der Waals surface area contributed by atoms with Gasteiger partial charge in [-0.3, -0.25) is 0 Å². The summed E-state index contributed by atoms with van der Waals surface area (Å²) in [6.07, 6.45) is 4.48. The third-order valence-corrected chi connectivity index (χ3v) is 3.90. The van der Waals surface area contributed by atoms with Crippen molar-refractivity contribution in [1.29, 1.82) is 0 Å². The number of nitrogens with one attached hydrogen (secondary N) is 1. The Labute approximate surface area is 89.9 Å². The predicted molar refractivity (Wildman–Crippen MR) is 59.7 cm³/mol. The summed E-state index contributed by atoms with van der Waals surface area (Å²) in [6.45, 7) is 4.19. The molecule has 0 spiro atoms. The van der Waals surface area contributed by atoms with Gasteiger partial charge in [-0.15, -0.1) is 0 Å². The smallest absolute Gasteiger partial charge is 0.202 e. The Morgan fingerprint density at radius 1 is 1.40 bits per heavy atom. The molecule has 4 heteroatoms. The van der Waals surface area contributed by atoms with Crippen LogP contribution in [0.3, 0.4) is 0 Å². The Bertz CT molecular complexity index is 345. The van der Waals surface area contributed by atoms with Crippen molar-refractivity contribution >= 4 is 5.95 Å². The van der Waals surface area contributed by atoms with Crippen molar-refractivity contribution < 1.29 is 0 Å². The molecule has 2 heterocycles. The Kier molecular flexibility index (Phi) is 1.99. The first-order chi connectivity index (χ1) is 7.24. The van der Waals surface area contributed by atoms with Crippen molar-refractivity contribution in [2.75, 3.05) is 18.0 Å². The molecule has 1 aromatic rings. The number of H-pyrrole nitrogens is 1. The number of nitrogens with two attached hydrogens (primary N) is 1. The summed E-state index contributed by atoms with van der Waals surface area (Å²) < 4.78 is 0. The maximum atomic E-state index is 6.17. The number of fused-ring (bicyclic) bond motifs is 2. The monoisotopic (exact) mass is 206 g/mol. The lowest BCUT2D eigenvalue weighted by molar-refractivity contribution is 0.353. The number of aryl methyl sites for hydroxylation is 1. The standard InChI is InChI=1S/C11H18N4/c1-7-4-13-11(14-7)15-5-8-2-3-9(6-15)10(8)12/h4,8-10H,2-3,5-6,12H2,1H3,(H,13,14). The van der Waals surface area contributed by atoms with Gasteiger partial charge in [0.05, 0.1) is 0 Å². The van der Waals surface area contributed by atoms with Crippen LogP contribution in [0, 0.1) is 18.8 Å². The summed E-state index contributed by atoms with van der Waals surface area (Å²) in [5.74, 6) is 2.37. The fourth-order valence-corrected chi connectivity index (χ4v) is 3.00. The molecule has 0 aromatic carbocycles. The van der Waals surface area contributed by atoms with Gasteiger partial charge in [0.1, 0.15) is 0 Å². The molecule has 82 valence electrons. The first kappa shape index (κ1) is 9.21. The van der Waals surface area contributed by atoms with Crippen molar-refractivity contribution in [3.8, 4) is 0 Å². The zero-order valence-corrected chi connectivity index (χ0v) is 9.11. The van der Waals surface area contributed by atoms with E-state index in [9.17, 15) is 0 Å². The minimum Gasteiger partial charge on any atom is -0.342 e. The first-order valence-corrected chi connectivity index (χ1v) is 5.76. The molecule has 2 unspecified atom stereocenters. The largest absolute Gasteiger partial charge is 0.342 e. The number of imidazole rings is 1. The summed E-state index contributed by atoms with van der Waals surface area (Å²) in [5.41, 5.74) is 7.30. The number of aromatic nitrogens is 2. The van der Waals surface area contributed by atoms with E-state index in [-0.39, 0.29) is 0 Å². The maximum Gasteiger partial charge on any atom is 0.202 e. The molecule has 3 rings (SSSR count). The Morgan fingerprint density at radius 2 is 2.07 bits per heavy atom. The van der Waals surface area contributed by atoms with Gasteiger partial charge >= 0.3 is 0 Å².